The highest BCUT2D eigenvalue weighted by atomic mass is 35.5. The van der Waals surface area contributed by atoms with E-state index in [1.807, 2.05) is 66.1 Å². The van der Waals surface area contributed by atoms with Crippen molar-refractivity contribution in [1.29, 1.82) is 0 Å². The van der Waals surface area contributed by atoms with Gasteiger partial charge in [0, 0.05) is 35.8 Å². The molecule has 0 aliphatic heterocycles. The maximum atomic E-state index is 12.0. The molecule has 9 heteroatoms. The van der Waals surface area contributed by atoms with Crippen molar-refractivity contribution in [3.05, 3.63) is 65.2 Å². The summed E-state index contributed by atoms with van der Waals surface area (Å²) in [4.78, 5) is 23.9. The highest BCUT2D eigenvalue weighted by molar-refractivity contribution is 7.99. The molecule has 1 heterocycles. The fourth-order valence-electron chi connectivity index (χ4n) is 2.74. The number of hydrogen-bond acceptors (Lipinski definition) is 5. The normalized spacial score (nSPS) is 10.6. The SMILES string of the molecule is CCn1c(SCCC(=O)NC(=O)NCc2ccccc2)nnc1-c1ccc(Cl)cc1. The molecule has 0 fully saturated rings. The van der Waals surface area contributed by atoms with Gasteiger partial charge in [0.15, 0.2) is 11.0 Å². The summed E-state index contributed by atoms with van der Waals surface area (Å²) in [6.07, 6.45) is 0.191. The standard InChI is InChI=1S/C21H22ClN5O2S/c1-2-27-19(16-8-10-17(22)11-9-16)25-26-21(27)30-13-12-18(28)24-20(29)23-14-15-6-4-3-5-7-15/h3-11H,2,12-14H2,1H3,(H2,23,24,28,29). The van der Waals surface area contributed by atoms with Gasteiger partial charge >= 0.3 is 6.03 Å². The van der Waals surface area contributed by atoms with E-state index in [1.165, 1.54) is 11.8 Å². The number of nitrogens with one attached hydrogen (secondary N) is 2. The number of nitrogens with zero attached hydrogens (tertiary/aromatic N) is 3. The van der Waals surface area contributed by atoms with Crippen LogP contribution in [0, 0.1) is 0 Å². The van der Waals surface area contributed by atoms with Crippen molar-refractivity contribution in [2.75, 3.05) is 5.75 Å². The van der Waals surface area contributed by atoms with Crippen LogP contribution in [-0.2, 0) is 17.9 Å². The molecule has 3 rings (SSSR count). The summed E-state index contributed by atoms with van der Waals surface area (Å²) in [5.41, 5.74) is 1.89. The van der Waals surface area contributed by atoms with Crippen molar-refractivity contribution in [1.82, 2.24) is 25.4 Å². The molecule has 7 nitrogen and oxygen atoms in total. The van der Waals surface area contributed by atoms with E-state index in [1.54, 1.807) is 0 Å². The van der Waals surface area contributed by atoms with Gasteiger partial charge in [0.05, 0.1) is 0 Å². The molecule has 1 aromatic heterocycles. The molecule has 0 unspecified atom stereocenters. The van der Waals surface area contributed by atoms with Gasteiger partial charge in [0.2, 0.25) is 5.91 Å². The number of urea groups is 1. The summed E-state index contributed by atoms with van der Waals surface area (Å²) >= 11 is 7.38. The Hall–Kier alpha value is -2.84. The summed E-state index contributed by atoms with van der Waals surface area (Å²) in [5.74, 6) is 0.895. The fourth-order valence-corrected chi connectivity index (χ4v) is 3.81. The zero-order valence-corrected chi connectivity index (χ0v) is 18.0. The average molecular weight is 444 g/mol. The van der Waals surface area contributed by atoms with Crippen LogP contribution < -0.4 is 10.6 Å². The Morgan fingerprint density at radius 1 is 1.07 bits per heavy atom. The van der Waals surface area contributed by atoms with E-state index >= 15 is 0 Å². The monoisotopic (exact) mass is 443 g/mol. The van der Waals surface area contributed by atoms with Crippen LogP contribution in [0.5, 0.6) is 0 Å². The minimum Gasteiger partial charge on any atom is -0.334 e. The molecule has 0 saturated heterocycles. The third kappa shape index (κ3) is 6.08. The lowest BCUT2D eigenvalue weighted by molar-refractivity contribution is -0.119. The second-order valence-electron chi connectivity index (χ2n) is 6.37. The smallest absolute Gasteiger partial charge is 0.321 e. The van der Waals surface area contributed by atoms with Crippen molar-refractivity contribution >= 4 is 35.3 Å². The van der Waals surface area contributed by atoms with E-state index < -0.39 is 6.03 Å². The van der Waals surface area contributed by atoms with E-state index in [-0.39, 0.29) is 12.3 Å². The van der Waals surface area contributed by atoms with Crippen LogP contribution in [0.15, 0.2) is 59.8 Å². The molecule has 0 bridgehead atoms. The first-order valence-electron chi connectivity index (χ1n) is 9.50. The van der Waals surface area contributed by atoms with Gasteiger partial charge in [-0.25, -0.2) is 4.79 Å². The molecule has 2 N–H and O–H groups in total. The number of benzene rings is 2. The number of amides is 3. The number of carbonyl (C=O) groups excluding carboxylic acids is 2. The second-order valence-corrected chi connectivity index (χ2v) is 7.87. The van der Waals surface area contributed by atoms with Crippen LogP contribution in [0.3, 0.4) is 0 Å². The van der Waals surface area contributed by atoms with Gasteiger partial charge in [0.1, 0.15) is 0 Å². The average Bonchev–Trinajstić information content (AvgIpc) is 3.16. The number of hydrogen-bond donors (Lipinski definition) is 2. The molecule has 0 aliphatic rings. The molecule has 0 aliphatic carbocycles. The minimum atomic E-state index is -0.504. The molecule has 30 heavy (non-hydrogen) atoms. The third-order valence-corrected chi connectivity index (χ3v) is 5.47. The first-order valence-corrected chi connectivity index (χ1v) is 10.9. The van der Waals surface area contributed by atoms with Gasteiger partial charge < -0.3 is 9.88 Å². The van der Waals surface area contributed by atoms with E-state index in [2.05, 4.69) is 20.8 Å². The van der Waals surface area contributed by atoms with E-state index in [0.29, 0.717) is 23.9 Å². The highest BCUT2D eigenvalue weighted by Crippen LogP contribution is 2.25. The van der Waals surface area contributed by atoms with Gasteiger partial charge in [0.25, 0.3) is 0 Å². The van der Waals surface area contributed by atoms with Crippen LogP contribution >= 0.6 is 23.4 Å². The summed E-state index contributed by atoms with van der Waals surface area (Å²) in [5, 5.41) is 14.9. The molecule has 156 valence electrons. The van der Waals surface area contributed by atoms with E-state index in [4.69, 9.17) is 11.6 Å². The predicted molar refractivity (Wildman–Crippen MR) is 118 cm³/mol. The lowest BCUT2D eigenvalue weighted by Crippen LogP contribution is -2.39. The van der Waals surface area contributed by atoms with Gasteiger partial charge in [-0.2, -0.15) is 0 Å². The van der Waals surface area contributed by atoms with Crippen LogP contribution in [0.2, 0.25) is 5.02 Å². The highest BCUT2D eigenvalue weighted by Gasteiger charge is 2.14. The fraction of sp³-hybridized carbons (Fsp3) is 0.238. The van der Waals surface area contributed by atoms with Crippen LogP contribution in [0.1, 0.15) is 18.9 Å². The molecular weight excluding hydrogens is 422 g/mol. The molecule has 3 aromatic rings. The van der Waals surface area contributed by atoms with Gasteiger partial charge in [-0.15, -0.1) is 10.2 Å². The first-order chi connectivity index (χ1) is 14.6. The first kappa shape index (κ1) is 21.9. The zero-order valence-electron chi connectivity index (χ0n) is 16.5. The van der Waals surface area contributed by atoms with Crippen LogP contribution in [-0.4, -0.2) is 32.5 Å². The predicted octanol–water partition coefficient (Wildman–Crippen LogP) is 4.13. The zero-order chi connectivity index (χ0) is 21.3. The van der Waals surface area contributed by atoms with Crippen LogP contribution in [0.25, 0.3) is 11.4 Å². The summed E-state index contributed by atoms with van der Waals surface area (Å²) < 4.78 is 1.98. The van der Waals surface area contributed by atoms with Crippen LogP contribution in [0.4, 0.5) is 4.79 Å². The number of rotatable bonds is 8. The maximum Gasteiger partial charge on any atom is 0.321 e. The Balaban J connectivity index is 1.47. The number of carbonyl (C=O) groups is 2. The third-order valence-electron chi connectivity index (χ3n) is 4.24. The van der Waals surface area contributed by atoms with Crippen molar-refractivity contribution in [2.24, 2.45) is 0 Å². The Bertz CT molecular complexity index is 992. The van der Waals surface area contributed by atoms with Gasteiger partial charge in [-0.1, -0.05) is 53.7 Å². The minimum absolute atomic E-state index is 0.191. The van der Waals surface area contributed by atoms with Crippen molar-refractivity contribution < 1.29 is 9.59 Å². The number of imide groups is 1. The number of aromatic nitrogens is 3. The van der Waals surface area contributed by atoms with Crippen molar-refractivity contribution in [2.45, 2.75) is 31.6 Å². The maximum absolute atomic E-state index is 12.0. The largest absolute Gasteiger partial charge is 0.334 e. The molecular formula is C21H22ClN5O2S. The van der Waals surface area contributed by atoms with E-state index in [9.17, 15) is 9.59 Å². The van der Waals surface area contributed by atoms with Gasteiger partial charge in [-0.05, 0) is 36.8 Å². The summed E-state index contributed by atoms with van der Waals surface area (Å²) in [6.45, 7) is 3.07. The topological polar surface area (TPSA) is 88.9 Å². The molecule has 0 atom stereocenters. The second kappa shape index (κ2) is 10.8. The Labute approximate surface area is 184 Å². The lowest BCUT2D eigenvalue weighted by Gasteiger charge is -2.08. The lowest BCUT2D eigenvalue weighted by atomic mass is 10.2. The number of thioether (sulfide) groups is 1. The molecule has 0 radical (unpaired) electrons. The summed E-state index contributed by atoms with van der Waals surface area (Å²) in [7, 11) is 0. The Morgan fingerprint density at radius 3 is 2.50 bits per heavy atom. The van der Waals surface area contributed by atoms with E-state index in [0.717, 1.165) is 22.1 Å². The van der Waals surface area contributed by atoms with Gasteiger partial charge in [-0.3, -0.25) is 10.1 Å². The molecule has 3 amide bonds. The van der Waals surface area contributed by atoms with Crippen molar-refractivity contribution in [3.8, 4) is 11.4 Å². The molecule has 0 spiro atoms. The Kier molecular flexibility index (Phi) is 7.87. The molecule has 0 saturated carbocycles. The molecule has 2 aromatic carbocycles. The van der Waals surface area contributed by atoms with Crippen molar-refractivity contribution in [3.63, 3.8) is 0 Å². The Morgan fingerprint density at radius 2 is 1.80 bits per heavy atom. The quantitative estimate of drug-likeness (QED) is 0.511. The number of halogens is 1. The summed E-state index contributed by atoms with van der Waals surface area (Å²) in [6, 6.07) is 16.4.